The van der Waals surface area contributed by atoms with Crippen LogP contribution in [-0.2, 0) is 12.8 Å². The zero-order valence-corrected chi connectivity index (χ0v) is 14.0. The van der Waals surface area contributed by atoms with Gasteiger partial charge in [0.05, 0.1) is 0 Å². The predicted octanol–water partition coefficient (Wildman–Crippen LogP) is 3.71. The number of rotatable bonds is 3. The van der Waals surface area contributed by atoms with E-state index < -0.39 is 6.03 Å². The van der Waals surface area contributed by atoms with E-state index in [4.69, 9.17) is 5.73 Å². The Kier molecular flexibility index (Phi) is 3.77. The number of nitrogens with two attached hydrogens (primary N) is 1. The molecule has 0 spiro atoms. The van der Waals surface area contributed by atoms with E-state index in [9.17, 15) is 4.79 Å². The first-order chi connectivity index (χ1) is 11.7. The zero-order valence-electron chi connectivity index (χ0n) is 14.0. The lowest BCUT2D eigenvalue weighted by atomic mass is 9.77. The molecule has 3 N–H and O–H groups in total. The quantitative estimate of drug-likeness (QED) is 0.905. The van der Waals surface area contributed by atoms with E-state index in [1.165, 1.54) is 34.2 Å². The third-order valence-corrected chi connectivity index (χ3v) is 5.23. The fraction of sp³-hybridized carbons (Fsp3) is 0.350. The summed E-state index contributed by atoms with van der Waals surface area (Å²) < 4.78 is 0. The molecule has 1 atom stereocenters. The van der Waals surface area contributed by atoms with E-state index in [1.54, 1.807) is 0 Å². The molecule has 0 saturated heterocycles. The molecule has 1 aliphatic carbocycles. The lowest BCUT2D eigenvalue weighted by Crippen LogP contribution is -2.38. The van der Waals surface area contributed by atoms with Crippen LogP contribution in [0.15, 0.2) is 36.4 Å². The molecule has 1 aliphatic heterocycles. The molecule has 0 fully saturated rings. The molecule has 124 valence electrons. The van der Waals surface area contributed by atoms with E-state index in [0.717, 1.165) is 31.6 Å². The number of benzene rings is 2. The first kappa shape index (κ1) is 15.2. The third-order valence-electron chi connectivity index (χ3n) is 5.23. The number of hydrogen-bond donors (Lipinski definition) is 2. The average molecular weight is 321 g/mol. The first-order valence-electron chi connectivity index (χ1n) is 8.73. The van der Waals surface area contributed by atoms with Gasteiger partial charge in [0.15, 0.2) is 0 Å². The number of amides is 2. The molecule has 1 heterocycles. The number of hydrogen-bond acceptors (Lipinski definition) is 2. The number of urea groups is 1. The smallest absolute Gasteiger partial charge is 0.316 e. The molecule has 4 nitrogen and oxygen atoms in total. The molecule has 24 heavy (non-hydrogen) atoms. The van der Waals surface area contributed by atoms with Crippen LogP contribution in [0, 0.1) is 0 Å². The van der Waals surface area contributed by atoms with E-state index in [-0.39, 0.29) is 0 Å². The molecule has 0 bridgehead atoms. The van der Waals surface area contributed by atoms with E-state index >= 15 is 0 Å². The molecule has 4 heteroatoms. The summed E-state index contributed by atoms with van der Waals surface area (Å²) in [7, 11) is 0. The Labute approximate surface area is 142 Å². The number of nitrogens with zero attached hydrogens (tertiary/aromatic N) is 1. The van der Waals surface area contributed by atoms with Crippen LogP contribution >= 0.6 is 0 Å². The lowest BCUT2D eigenvalue weighted by molar-refractivity contribution is 0.183. The maximum atomic E-state index is 11.2. The Morgan fingerprint density at radius 2 is 2.12 bits per heavy atom. The predicted molar refractivity (Wildman–Crippen MR) is 97.1 cm³/mol. The van der Waals surface area contributed by atoms with Crippen molar-refractivity contribution in [3.05, 3.63) is 53.1 Å². The molecular formula is C20H23N3O. The van der Waals surface area contributed by atoms with Gasteiger partial charge >= 0.3 is 6.03 Å². The summed E-state index contributed by atoms with van der Waals surface area (Å²) in [6.45, 7) is 4.54. The van der Waals surface area contributed by atoms with Gasteiger partial charge in [-0.25, -0.2) is 4.79 Å². The molecule has 0 saturated carbocycles. The molecule has 2 amide bonds. The Hall–Kier alpha value is -2.33. The van der Waals surface area contributed by atoms with Crippen molar-refractivity contribution in [2.45, 2.75) is 32.2 Å². The van der Waals surface area contributed by atoms with Gasteiger partial charge in [0.2, 0.25) is 0 Å². The molecule has 0 aromatic heterocycles. The normalized spacial score (nSPS) is 18.6. The van der Waals surface area contributed by atoms with Gasteiger partial charge in [-0.05, 0) is 65.8 Å². The second-order valence-corrected chi connectivity index (χ2v) is 6.75. The highest BCUT2D eigenvalue weighted by Crippen LogP contribution is 2.45. The number of carbonyl (C=O) groups excluding carboxylic acids is 1. The molecule has 1 unspecified atom stereocenters. The standard InChI is InChI=1S/C20H23N3O/c1-2-9-23-10-8-13-4-3-5-16-17-12-15(22-20(21)24)7-6-14(17)11-18(23)19(13)16/h3-7,12,18H,2,8-11H2,1H3,(H3,21,22,24). The fourth-order valence-corrected chi connectivity index (χ4v) is 4.28. The topological polar surface area (TPSA) is 58.4 Å². The molecule has 2 aromatic rings. The fourth-order valence-electron chi connectivity index (χ4n) is 4.28. The molecule has 4 rings (SSSR count). The summed E-state index contributed by atoms with van der Waals surface area (Å²) in [6, 6.07) is 12.7. The molecular weight excluding hydrogens is 298 g/mol. The number of anilines is 1. The number of nitrogens with one attached hydrogen (secondary N) is 1. The Bertz CT molecular complexity index is 799. The van der Waals surface area contributed by atoms with E-state index in [2.05, 4.69) is 47.5 Å². The van der Waals surface area contributed by atoms with Gasteiger partial charge < -0.3 is 11.1 Å². The van der Waals surface area contributed by atoms with Crippen molar-refractivity contribution in [1.29, 1.82) is 0 Å². The minimum Gasteiger partial charge on any atom is -0.351 e. The van der Waals surface area contributed by atoms with E-state index in [0.29, 0.717) is 6.04 Å². The molecule has 0 radical (unpaired) electrons. The van der Waals surface area contributed by atoms with Crippen molar-refractivity contribution in [1.82, 2.24) is 4.90 Å². The summed E-state index contributed by atoms with van der Waals surface area (Å²) in [5, 5.41) is 2.70. The van der Waals surface area contributed by atoms with Crippen LogP contribution in [0.1, 0.15) is 36.1 Å². The van der Waals surface area contributed by atoms with Crippen LogP contribution in [-0.4, -0.2) is 24.0 Å². The molecule has 2 aromatic carbocycles. The number of carbonyl (C=O) groups is 1. The van der Waals surface area contributed by atoms with Crippen LogP contribution in [0.2, 0.25) is 0 Å². The molecule has 2 aliphatic rings. The van der Waals surface area contributed by atoms with Crippen LogP contribution in [0.25, 0.3) is 11.1 Å². The zero-order chi connectivity index (χ0) is 16.7. The minimum absolute atomic E-state index is 0.479. The first-order valence-corrected chi connectivity index (χ1v) is 8.73. The van der Waals surface area contributed by atoms with Crippen LogP contribution in [0.4, 0.5) is 10.5 Å². The number of primary amides is 1. The summed E-state index contributed by atoms with van der Waals surface area (Å²) in [6.07, 6.45) is 3.34. The van der Waals surface area contributed by atoms with Gasteiger partial charge in [0.1, 0.15) is 0 Å². The summed E-state index contributed by atoms with van der Waals surface area (Å²) in [5.74, 6) is 0. The van der Waals surface area contributed by atoms with Gasteiger partial charge in [-0.2, -0.15) is 0 Å². The van der Waals surface area contributed by atoms with Gasteiger partial charge in [-0.1, -0.05) is 31.2 Å². The van der Waals surface area contributed by atoms with Crippen molar-refractivity contribution in [3.8, 4) is 11.1 Å². The summed E-state index contributed by atoms with van der Waals surface area (Å²) in [5.41, 5.74) is 12.9. The monoisotopic (exact) mass is 321 g/mol. The Balaban J connectivity index is 1.83. The minimum atomic E-state index is -0.521. The van der Waals surface area contributed by atoms with Gasteiger partial charge in [-0.3, -0.25) is 4.90 Å². The van der Waals surface area contributed by atoms with Gasteiger partial charge in [-0.15, -0.1) is 0 Å². The maximum absolute atomic E-state index is 11.2. The van der Waals surface area contributed by atoms with Crippen molar-refractivity contribution in [3.63, 3.8) is 0 Å². The Morgan fingerprint density at radius 3 is 2.92 bits per heavy atom. The highest BCUT2D eigenvalue weighted by Gasteiger charge is 2.33. The lowest BCUT2D eigenvalue weighted by Gasteiger charge is -2.41. The van der Waals surface area contributed by atoms with Crippen molar-refractivity contribution < 1.29 is 4.79 Å². The van der Waals surface area contributed by atoms with Gasteiger partial charge in [0, 0.05) is 18.3 Å². The largest absolute Gasteiger partial charge is 0.351 e. The average Bonchev–Trinajstić information content (AvgIpc) is 2.57. The SMILES string of the molecule is CCCN1CCc2cccc3c2C1Cc1ccc(NC(N)=O)cc1-3. The summed E-state index contributed by atoms with van der Waals surface area (Å²) >= 11 is 0. The van der Waals surface area contributed by atoms with Crippen molar-refractivity contribution >= 4 is 11.7 Å². The highest BCUT2D eigenvalue weighted by atomic mass is 16.2. The van der Waals surface area contributed by atoms with Crippen molar-refractivity contribution in [2.24, 2.45) is 5.73 Å². The van der Waals surface area contributed by atoms with Gasteiger partial charge in [0.25, 0.3) is 0 Å². The number of fused-ring (bicyclic) bond motifs is 2. The van der Waals surface area contributed by atoms with Crippen LogP contribution in [0.5, 0.6) is 0 Å². The highest BCUT2D eigenvalue weighted by molar-refractivity contribution is 5.89. The second-order valence-electron chi connectivity index (χ2n) is 6.75. The van der Waals surface area contributed by atoms with Crippen LogP contribution < -0.4 is 11.1 Å². The van der Waals surface area contributed by atoms with Crippen LogP contribution in [0.3, 0.4) is 0 Å². The maximum Gasteiger partial charge on any atom is 0.316 e. The van der Waals surface area contributed by atoms with E-state index in [1.807, 2.05) is 6.07 Å². The van der Waals surface area contributed by atoms with Crippen molar-refractivity contribution in [2.75, 3.05) is 18.4 Å². The second kappa shape index (κ2) is 5.95. The summed E-state index contributed by atoms with van der Waals surface area (Å²) in [4.78, 5) is 13.8. The third kappa shape index (κ3) is 2.47. The Morgan fingerprint density at radius 1 is 1.25 bits per heavy atom.